The Morgan fingerprint density at radius 1 is 1.04 bits per heavy atom. The van der Waals surface area contributed by atoms with Crippen LogP contribution in [-0.2, 0) is 17.1 Å². The Morgan fingerprint density at radius 2 is 1.61 bits per heavy atom. The highest BCUT2D eigenvalue weighted by molar-refractivity contribution is 5.90. The molecule has 1 aromatic heterocycles. The molecule has 5 nitrogen and oxygen atoms in total. The van der Waals surface area contributed by atoms with Crippen LogP contribution in [0.1, 0.15) is 11.1 Å². The fourth-order valence-electron chi connectivity index (χ4n) is 2.41. The molecule has 28 heavy (non-hydrogen) atoms. The maximum atomic E-state index is 12.9. The summed E-state index contributed by atoms with van der Waals surface area (Å²) < 4.78 is 91.2. The minimum Gasteiger partial charge on any atom is -0.333 e. The van der Waals surface area contributed by atoms with Crippen molar-refractivity contribution in [1.82, 2.24) is 19.7 Å². The molecule has 0 saturated carbocycles. The van der Waals surface area contributed by atoms with E-state index in [0.717, 1.165) is 23.3 Å². The van der Waals surface area contributed by atoms with E-state index in [1.807, 2.05) is 0 Å². The molecular weight excluding hydrogens is 397 g/mol. The number of halogens is 7. The van der Waals surface area contributed by atoms with E-state index in [4.69, 9.17) is 0 Å². The summed E-state index contributed by atoms with van der Waals surface area (Å²) in [5.74, 6) is -0.897. The second-order valence-electron chi connectivity index (χ2n) is 6.00. The molecule has 0 aliphatic carbocycles. The van der Waals surface area contributed by atoms with Gasteiger partial charge in [-0.1, -0.05) is 0 Å². The third-order valence-electron chi connectivity index (χ3n) is 3.87. The topological polar surface area (TPSA) is 51.0 Å². The molecule has 0 radical (unpaired) electrons. The van der Waals surface area contributed by atoms with Crippen LogP contribution in [0, 0.1) is 0 Å². The summed E-state index contributed by atoms with van der Waals surface area (Å²) in [7, 11) is 0. The van der Waals surface area contributed by atoms with E-state index in [9.17, 15) is 35.5 Å². The fourth-order valence-corrected chi connectivity index (χ4v) is 2.41. The molecule has 1 aromatic carbocycles. The molecule has 1 aliphatic heterocycles. The van der Waals surface area contributed by atoms with Crippen LogP contribution in [0.2, 0.25) is 0 Å². The summed E-state index contributed by atoms with van der Waals surface area (Å²) in [6, 6.07) is 1.01. The molecule has 2 heterocycles. The third-order valence-corrected chi connectivity index (χ3v) is 3.87. The maximum Gasteiger partial charge on any atom is 0.416 e. The van der Waals surface area contributed by atoms with Gasteiger partial charge in [-0.2, -0.15) is 26.3 Å². The van der Waals surface area contributed by atoms with Crippen molar-refractivity contribution < 1.29 is 35.5 Å². The van der Waals surface area contributed by atoms with Crippen LogP contribution in [0.3, 0.4) is 0 Å². The predicted octanol–water partition coefficient (Wildman–Crippen LogP) is 3.63. The van der Waals surface area contributed by atoms with Gasteiger partial charge < -0.3 is 4.90 Å². The zero-order valence-corrected chi connectivity index (χ0v) is 13.8. The minimum absolute atomic E-state index is 0.00423. The molecule has 0 bridgehead atoms. The van der Waals surface area contributed by atoms with Gasteiger partial charge in [0.05, 0.1) is 24.2 Å². The highest BCUT2D eigenvalue weighted by Crippen LogP contribution is 2.38. The van der Waals surface area contributed by atoms with E-state index < -0.39 is 41.1 Å². The number of rotatable bonds is 3. The van der Waals surface area contributed by atoms with Crippen molar-refractivity contribution in [2.75, 3.05) is 13.1 Å². The number of benzene rings is 1. The Hall–Kier alpha value is -2.92. The quantitative estimate of drug-likeness (QED) is 0.576. The van der Waals surface area contributed by atoms with Crippen molar-refractivity contribution in [3.8, 4) is 11.4 Å². The van der Waals surface area contributed by atoms with Gasteiger partial charge in [0.2, 0.25) is 5.91 Å². The van der Waals surface area contributed by atoms with E-state index in [-0.39, 0.29) is 25.0 Å². The van der Waals surface area contributed by atoms with Crippen molar-refractivity contribution in [3.05, 3.63) is 41.7 Å². The van der Waals surface area contributed by atoms with Crippen LogP contribution in [-0.4, -0.2) is 44.8 Å². The molecule has 3 rings (SSSR count). The van der Waals surface area contributed by atoms with Crippen molar-refractivity contribution in [2.45, 2.75) is 18.5 Å². The Balaban J connectivity index is 1.87. The number of amides is 1. The molecule has 1 fully saturated rings. The molecule has 150 valence electrons. The van der Waals surface area contributed by atoms with Gasteiger partial charge in [-0.25, -0.2) is 14.1 Å². The molecule has 1 aliphatic rings. The average molecular weight is 408 g/mol. The van der Waals surface area contributed by atoms with Crippen LogP contribution < -0.4 is 0 Å². The Morgan fingerprint density at radius 3 is 2.11 bits per heavy atom. The van der Waals surface area contributed by atoms with E-state index in [1.54, 1.807) is 0 Å². The van der Waals surface area contributed by atoms with E-state index >= 15 is 0 Å². The van der Waals surface area contributed by atoms with Crippen LogP contribution >= 0.6 is 0 Å². The van der Waals surface area contributed by atoms with Crippen molar-refractivity contribution in [2.24, 2.45) is 0 Å². The smallest absolute Gasteiger partial charge is 0.333 e. The normalized spacial score (nSPS) is 15.9. The van der Waals surface area contributed by atoms with Gasteiger partial charge >= 0.3 is 12.4 Å². The summed E-state index contributed by atoms with van der Waals surface area (Å²) in [5.41, 5.74) is -3.46. The Labute approximate surface area is 153 Å². The summed E-state index contributed by atoms with van der Waals surface area (Å²) >= 11 is 0. The number of aromatic nitrogens is 3. The zero-order chi connectivity index (χ0) is 20.7. The molecule has 12 heteroatoms. The van der Waals surface area contributed by atoms with Gasteiger partial charge in [-0.05, 0) is 18.2 Å². The fraction of sp³-hybridized carbons (Fsp3) is 0.312. The lowest BCUT2D eigenvalue weighted by Crippen LogP contribution is -2.50. The molecule has 0 unspecified atom stereocenters. The standard InChI is InChI=1S/C16H11F7N4O/c17-12-6-26(7-12)13(28)1-2-27-8-24-14(25-27)9-3-10(15(18,19)20)5-11(4-9)16(21,22)23/h1-5,8,12H,6-7H2. The summed E-state index contributed by atoms with van der Waals surface area (Å²) in [5, 5.41) is 3.76. The molecule has 0 atom stereocenters. The van der Waals surface area contributed by atoms with Gasteiger partial charge in [0.25, 0.3) is 0 Å². The van der Waals surface area contributed by atoms with Gasteiger partial charge in [-0.15, -0.1) is 5.10 Å². The van der Waals surface area contributed by atoms with Gasteiger partial charge in [0.15, 0.2) is 5.82 Å². The largest absolute Gasteiger partial charge is 0.416 e. The van der Waals surface area contributed by atoms with Crippen molar-refractivity contribution >= 4 is 12.1 Å². The van der Waals surface area contributed by atoms with E-state index in [2.05, 4.69) is 10.1 Å². The number of hydrogen-bond acceptors (Lipinski definition) is 3. The second kappa shape index (κ2) is 6.91. The summed E-state index contributed by atoms with van der Waals surface area (Å²) in [6.45, 7) is -0.0908. The maximum absolute atomic E-state index is 12.9. The third kappa shape index (κ3) is 4.31. The second-order valence-corrected chi connectivity index (χ2v) is 6.00. The molecule has 1 amide bonds. The average Bonchev–Trinajstić information content (AvgIpc) is 3.04. The minimum atomic E-state index is -4.99. The van der Waals surface area contributed by atoms with Gasteiger partial charge in [-0.3, -0.25) is 4.79 Å². The van der Waals surface area contributed by atoms with Crippen molar-refractivity contribution in [1.29, 1.82) is 0 Å². The zero-order valence-electron chi connectivity index (χ0n) is 13.8. The summed E-state index contributed by atoms with van der Waals surface area (Å²) in [6.07, 6.45) is -7.90. The predicted molar refractivity (Wildman–Crippen MR) is 82.3 cm³/mol. The first-order chi connectivity index (χ1) is 12.9. The molecular formula is C16H11F7N4O. The van der Waals surface area contributed by atoms with E-state index in [0.29, 0.717) is 12.1 Å². The monoisotopic (exact) mass is 408 g/mol. The summed E-state index contributed by atoms with van der Waals surface area (Å²) in [4.78, 5) is 16.6. The van der Waals surface area contributed by atoms with Crippen molar-refractivity contribution in [3.63, 3.8) is 0 Å². The van der Waals surface area contributed by atoms with Gasteiger partial charge in [0, 0.05) is 17.8 Å². The highest BCUT2D eigenvalue weighted by atomic mass is 19.4. The highest BCUT2D eigenvalue weighted by Gasteiger charge is 2.37. The van der Waals surface area contributed by atoms with Crippen LogP contribution in [0.15, 0.2) is 30.6 Å². The molecule has 2 aromatic rings. The number of likely N-dealkylation sites (tertiary alicyclic amines) is 1. The Kier molecular flexibility index (Phi) is 4.90. The molecule has 0 N–H and O–H groups in total. The lowest BCUT2D eigenvalue weighted by Gasteiger charge is -2.33. The molecule has 0 spiro atoms. The number of alkyl halides is 7. The van der Waals surface area contributed by atoms with Crippen LogP contribution in [0.5, 0.6) is 0 Å². The Bertz CT molecular complexity index is 878. The molecule has 1 saturated heterocycles. The first-order valence-electron chi connectivity index (χ1n) is 7.75. The number of nitrogens with zero attached hydrogens (tertiary/aromatic N) is 4. The van der Waals surface area contributed by atoms with Crippen LogP contribution in [0.4, 0.5) is 30.7 Å². The van der Waals surface area contributed by atoms with E-state index in [1.165, 1.54) is 4.90 Å². The first-order valence-corrected chi connectivity index (χ1v) is 7.75. The number of hydrogen-bond donors (Lipinski definition) is 0. The number of carbonyl (C=O) groups excluding carboxylic acids is 1. The lowest BCUT2D eigenvalue weighted by molar-refractivity contribution is -0.143. The lowest BCUT2D eigenvalue weighted by atomic mass is 10.0. The first kappa shape index (κ1) is 19.8. The van der Waals surface area contributed by atoms with Crippen LogP contribution in [0.25, 0.3) is 17.6 Å². The number of carbonyl (C=O) groups is 1. The SMILES string of the molecule is O=C(C=Cn1cnc(-c2cc(C(F)(F)F)cc(C(F)(F)F)c2)n1)N1CC(F)C1. The van der Waals surface area contributed by atoms with Gasteiger partial charge in [0.1, 0.15) is 12.5 Å².